The van der Waals surface area contributed by atoms with Gasteiger partial charge in [-0.1, -0.05) is 42.8 Å². The molecule has 1 heterocycles. The smallest absolute Gasteiger partial charge is 0.261 e. The summed E-state index contributed by atoms with van der Waals surface area (Å²) in [6, 6.07) is 15.5. The molecule has 144 valence electrons. The number of H-pyrrole nitrogens is 1. The minimum absolute atomic E-state index is 0.167. The van der Waals surface area contributed by atoms with E-state index in [9.17, 15) is 9.59 Å². The highest BCUT2D eigenvalue weighted by atomic mass is 16.2. The van der Waals surface area contributed by atoms with E-state index in [0.29, 0.717) is 0 Å². The highest BCUT2D eigenvalue weighted by molar-refractivity contribution is 5.94. The van der Waals surface area contributed by atoms with E-state index in [1.807, 2.05) is 42.5 Å². The fourth-order valence-corrected chi connectivity index (χ4v) is 3.96. The first-order valence-electron chi connectivity index (χ1n) is 9.90. The van der Waals surface area contributed by atoms with E-state index in [0.717, 1.165) is 59.7 Å². The Kier molecular flexibility index (Phi) is 5.26. The van der Waals surface area contributed by atoms with Gasteiger partial charge >= 0.3 is 0 Å². The van der Waals surface area contributed by atoms with Gasteiger partial charge in [0.2, 0.25) is 0 Å². The molecule has 0 aliphatic heterocycles. The minimum Gasteiger partial charge on any atom is -0.344 e. The van der Waals surface area contributed by atoms with Crippen LogP contribution in [0.3, 0.4) is 0 Å². The molecule has 3 aromatic rings. The Morgan fingerprint density at radius 1 is 1.04 bits per heavy atom. The van der Waals surface area contributed by atoms with Gasteiger partial charge in [0.25, 0.3) is 11.5 Å². The van der Waals surface area contributed by atoms with Gasteiger partial charge in [0.15, 0.2) is 0 Å². The maximum Gasteiger partial charge on any atom is 0.261 e. The molecule has 0 saturated carbocycles. The van der Waals surface area contributed by atoms with Crippen LogP contribution in [-0.4, -0.2) is 17.4 Å². The van der Waals surface area contributed by atoms with E-state index < -0.39 is 0 Å². The summed E-state index contributed by atoms with van der Waals surface area (Å²) in [7, 11) is 0. The molecule has 5 nitrogen and oxygen atoms in total. The van der Waals surface area contributed by atoms with Gasteiger partial charge in [-0.2, -0.15) is 0 Å². The van der Waals surface area contributed by atoms with E-state index >= 15 is 0 Å². The lowest BCUT2D eigenvalue weighted by atomic mass is 10.0. The second kappa shape index (κ2) is 7.98. The third-order valence-corrected chi connectivity index (χ3v) is 5.55. The Morgan fingerprint density at radius 2 is 1.82 bits per heavy atom. The maximum absolute atomic E-state index is 12.9. The molecule has 1 amide bonds. The van der Waals surface area contributed by atoms with Crippen molar-refractivity contribution in [2.24, 2.45) is 5.73 Å². The molecule has 0 radical (unpaired) electrons. The quantitative estimate of drug-likeness (QED) is 0.612. The van der Waals surface area contributed by atoms with Crippen LogP contribution in [0.25, 0.3) is 10.8 Å². The Bertz CT molecular complexity index is 1070. The molecule has 1 aromatic heterocycles. The van der Waals surface area contributed by atoms with Crippen molar-refractivity contribution < 1.29 is 4.79 Å². The molecule has 0 saturated heterocycles. The number of benzene rings is 2. The molecule has 1 atom stereocenters. The maximum atomic E-state index is 12.9. The lowest BCUT2D eigenvalue weighted by Crippen LogP contribution is -2.36. The molecule has 4 N–H and O–H groups in total. The lowest BCUT2D eigenvalue weighted by Gasteiger charge is -2.18. The topological polar surface area (TPSA) is 88.0 Å². The number of nitrogens with one attached hydrogen (secondary N) is 2. The van der Waals surface area contributed by atoms with E-state index in [-0.39, 0.29) is 29.6 Å². The van der Waals surface area contributed by atoms with E-state index in [2.05, 4.69) is 10.3 Å². The summed E-state index contributed by atoms with van der Waals surface area (Å²) >= 11 is 0. The van der Waals surface area contributed by atoms with Crippen molar-refractivity contribution in [1.29, 1.82) is 0 Å². The number of pyridine rings is 1. The second-order valence-electron chi connectivity index (χ2n) is 7.44. The molecular formula is C23H25N3O2. The molecule has 0 spiro atoms. The molecule has 5 heteroatoms. The van der Waals surface area contributed by atoms with Crippen LogP contribution in [0.2, 0.25) is 0 Å². The fraction of sp³-hybridized carbons (Fsp3) is 0.304. The number of aryl methyl sites for hydroxylation is 2. The van der Waals surface area contributed by atoms with Crippen molar-refractivity contribution in [3.05, 3.63) is 81.3 Å². The third kappa shape index (κ3) is 3.71. The van der Waals surface area contributed by atoms with E-state index in [1.165, 1.54) is 0 Å². The first-order chi connectivity index (χ1) is 13.7. The van der Waals surface area contributed by atoms with Crippen LogP contribution in [0.1, 0.15) is 52.5 Å². The van der Waals surface area contributed by atoms with Crippen molar-refractivity contribution in [3.63, 3.8) is 0 Å². The monoisotopic (exact) mass is 375 g/mol. The Hall–Kier alpha value is -2.92. The summed E-state index contributed by atoms with van der Waals surface area (Å²) in [6.07, 6.45) is 5.08. The number of hydrogen-bond donors (Lipinski definition) is 3. The van der Waals surface area contributed by atoms with Crippen LogP contribution in [0.5, 0.6) is 0 Å². The summed E-state index contributed by atoms with van der Waals surface area (Å²) in [4.78, 5) is 28.3. The van der Waals surface area contributed by atoms with Gasteiger partial charge in [-0.05, 0) is 59.7 Å². The molecule has 1 aliphatic carbocycles. The fourth-order valence-electron chi connectivity index (χ4n) is 3.96. The van der Waals surface area contributed by atoms with Gasteiger partial charge in [-0.3, -0.25) is 9.59 Å². The van der Waals surface area contributed by atoms with Crippen LogP contribution >= 0.6 is 0 Å². The third-order valence-electron chi connectivity index (χ3n) is 5.55. The van der Waals surface area contributed by atoms with Crippen molar-refractivity contribution in [2.75, 3.05) is 6.54 Å². The molecule has 0 bridgehead atoms. The van der Waals surface area contributed by atoms with Crippen molar-refractivity contribution in [2.45, 2.75) is 38.1 Å². The van der Waals surface area contributed by atoms with Crippen LogP contribution in [0.4, 0.5) is 0 Å². The highest BCUT2D eigenvalue weighted by Gasteiger charge is 2.20. The van der Waals surface area contributed by atoms with Gasteiger partial charge in [0, 0.05) is 12.2 Å². The largest absolute Gasteiger partial charge is 0.344 e. The molecule has 4 rings (SSSR count). The number of aromatic amines is 1. The second-order valence-corrected chi connectivity index (χ2v) is 7.44. The molecule has 1 unspecified atom stereocenters. The first-order valence-corrected chi connectivity index (χ1v) is 9.90. The Balaban J connectivity index is 1.60. The van der Waals surface area contributed by atoms with Crippen LogP contribution in [0.15, 0.2) is 53.3 Å². The van der Waals surface area contributed by atoms with Gasteiger partial charge < -0.3 is 16.0 Å². The van der Waals surface area contributed by atoms with Crippen LogP contribution < -0.4 is 16.6 Å². The van der Waals surface area contributed by atoms with Crippen molar-refractivity contribution in [1.82, 2.24) is 10.3 Å². The van der Waals surface area contributed by atoms with Gasteiger partial charge in [0.1, 0.15) is 5.56 Å². The predicted octanol–water partition coefficient (Wildman–Crippen LogP) is 3.23. The minimum atomic E-state index is -0.378. The van der Waals surface area contributed by atoms with Crippen molar-refractivity contribution in [3.8, 4) is 0 Å². The summed E-state index contributed by atoms with van der Waals surface area (Å²) in [5, 5.41) is 5.17. The zero-order chi connectivity index (χ0) is 19.5. The van der Waals surface area contributed by atoms with E-state index in [4.69, 9.17) is 5.73 Å². The average Bonchev–Trinajstić information content (AvgIpc) is 2.95. The molecular weight excluding hydrogens is 350 g/mol. The molecule has 28 heavy (non-hydrogen) atoms. The Labute approximate surface area is 164 Å². The number of fused-ring (bicyclic) bond motifs is 2. The van der Waals surface area contributed by atoms with Crippen molar-refractivity contribution >= 4 is 16.7 Å². The summed E-state index contributed by atoms with van der Waals surface area (Å²) in [5.41, 5.74) is 8.77. The summed E-state index contributed by atoms with van der Waals surface area (Å²) in [6.45, 7) is 0.257. The number of nitrogens with two attached hydrogens (primary N) is 1. The van der Waals surface area contributed by atoms with Crippen LogP contribution in [-0.2, 0) is 12.8 Å². The molecule has 2 aromatic carbocycles. The summed E-state index contributed by atoms with van der Waals surface area (Å²) < 4.78 is 0. The zero-order valence-electron chi connectivity index (χ0n) is 15.8. The lowest BCUT2D eigenvalue weighted by molar-refractivity contribution is 0.0936. The molecule has 0 fully saturated rings. The Morgan fingerprint density at radius 3 is 2.64 bits per heavy atom. The number of rotatable bonds is 4. The van der Waals surface area contributed by atoms with Crippen LogP contribution in [0, 0.1) is 0 Å². The first kappa shape index (κ1) is 18.4. The highest BCUT2D eigenvalue weighted by Crippen LogP contribution is 2.21. The average molecular weight is 375 g/mol. The zero-order valence-corrected chi connectivity index (χ0v) is 15.8. The SMILES string of the molecule is NCC(NC(=O)c1cc2c([nH]c1=O)CCCCC2)c1ccc2ccccc2c1. The number of amides is 1. The normalized spacial score (nSPS) is 14.9. The standard InChI is InChI=1S/C23H25N3O2/c24-14-21(18-11-10-15-6-4-5-7-16(15)12-18)26-23(28)19-13-17-8-2-1-3-9-20(17)25-22(19)27/h4-7,10-13,21H,1-3,8-9,14,24H2,(H,25,27)(H,26,28). The number of aromatic nitrogens is 1. The van der Waals surface area contributed by atoms with Gasteiger partial charge in [-0.25, -0.2) is 0 Å². The van der Waals surface area contributed by atoms with E-state index in [1.54, 1.807) is 6.07 Å². The summed E-state index contributed by atoms with van der Waals surface area (Å²) in [5.74, 6) is -0.378. The van der Waals surface area contributed by atoms with Gasteiger partial charge in [0.05, 0.1) is 6.04 Å². The van der Waals surface area contributed by atoms with Gasteiger partial charge in [-0.15, -0.1) is 0 Å². The number of carbonyl (C=O) groups excluding carboxylic acids is 1. The number of carbonyl (C=O) groups is 1. The molecule has 1 aliphatic rings. The predicted molar refractivity (Wildman–Crippen MR) is 112 cm³/mol. The number of hydrogen-bond acceptors (Lipinski definition) is 3.